The van der Waals surface area contributed by atoms with Crippen molar-refractivity contribution in [3.63, 3.8) is 0 Å². The Balaban J connectivity index is 0. The molecule has 0 rings (SSSR count). The molecule has 0 aromatic rings. The van der Waals surface area contributed by atoms with E-state index in [4.69, 9.17) is 28.4 Å². The lowest BCUT2D eigenvalue weighted by Gasteiger charge is -2.30. The van der Waals surface area contributed by atoms with Gasteiger partial charge in [0.25, 0.3) is 0 Å². The fraction of sp³-hybridized carbons (Fsp3) is 1.00. The fourth-order valence-electron chi connectivity index (χ4n) is 3.06. The van der Waals surface area contributed by atoms with Crippen molar-refractivity contribution < 1.29 is 28.4 Å². The van der Waals surface area contributed by atoms with Crippen molar-refractivity contribution in [3.05, 3.63) is 0 Å². The Hall–Kier alpha value is -0.240. The van der Waals surface area contributed by atoms with Crippen molar-refractivity contribution in [2.75, 3.05) is 52.9 Å². The van der Waals surface area contributed by atoms with Crippen LogP contribution in [0.1, 0.15) is 110 Å². The van der Waals surface area contributed by atoms with Crippen molar-refractivity contribution >= 4 is 0 Å². The molecule has 38 heavy (non-hydrogen) atoms. The van der Waals surface area contributed by atoms with E-state index in [9.17, 15) is 0 Å². The lowest BCUT2D eigenvalue weighted by atomic mass is 9.89. The lowest BCUT2D eigenvalue weighted by Crippen LogP contribution is -2.35. The topological polar surface area (TPSA) is 55.4 Å². The van der Waals surface area contributed by atoms with Crippen LogP contribution in [0.3, 0.4) is 0 Å². The van der Waals surface area contributed by atoms with Gasteiger partial charge in [-0.15, -0.1) is 0 Å². The first-order valence-electron chi connectivity index (χ1n) is 15.1. The third kappa shape index (κ3) is 27.3. The Morgan fingerprint density at radius 1 is 0.421 bits per heavy atom. The molecule has 0 radical (unpaired) electrons. The Morgan fingerprint density at radius 2 is 0.763 bits per heavy atom. The first-order valence-corrected chi connectivity index (χ1v) is 15.1. The summed E-state index contributed by atoms with van der Waals surface area (Å²) in [5, 5.41) is 0. The Kier molecular flexibility index (Phi) is 23.6. The minimum Gasteiger partial charge on any atom is -0.379 e. The predicted molar refractivity (Wildman–Crippen MR) is 161 cm³/mol. The normalized spacial score (nSPS) is 14.4. The average Bonchev–Trinajstić information content (AvgIpc) is 2.74. The van der Waals surface area contributed by atoms with Crippen LogP contribution in [0.5, 0.6) is 0 Å². The summed E-state index contributed by atoms with van der Waals surface area (Å²) in [7, 11) is 0. The zero-order valence-electron chi connectivity index (χ0n) is 28.0. The van der Waals surface area contributed by atoms with Gasteiger partial charge < -0.3 is 28.4 Å². The van der Waals surface area contributed by atoms with Gasteiger partial charge in [0.2, 0.25) is 0 Å². The van der Waals surface area contributed by atoms with Crippen LogP contribution in [-0.4, -0.2) is 77.3 Å². The summed E-state index contributed by atoms with van der Waals surface area (Å²) in [6.45, 7) is 35.7. The molecule has 0 aromatic heterocycles. The van der Waals surface area contributed by atoms with E-state index in [0.717, 1.165) is 26.1 Å². The molecular formula is C32H68O6. The number of rotatable bonds is 20. The first kappa shape index (κ1) is 39.9. The third-order valence-electron chi connectivity index (χ3n) is 5.86. The Morgan fingerprint density at radius 3 is 1.16 bits per heavy atom. The molecule has 6 nitrogen and oxygen atoms in total. The van der Waals surface area contributed by atoms with E-state index in [-0.39, 0.29) is 35.2 Å². The third-order valence-corrected chi connectivity index (χ3v) is 5.86. The van der Waals surface area contributed by atoms with Gasteiger partial charge in [0.05, 0.1) is 64.1 Å². The molecular weight excluding hydrogens is 480 g/mol. The standard InChI is InChI=1S/2C16H34O3/c1-13(2)8-9-19-15(16(5,6)7)12-17-10-11-18-14(3)4;1-13(2)8-9-17-12-15(16(5,6)7)19-11-10-18-14(3)4/h2*13-15H,8-12H2,1-7H3. The zero-order chi connectivity index (χ0) is 29.8. The summed E-state index contributed by atoms with van der Waals surface area (Å²) in [4.78, 5) is 0. The maximum atomic E-state index is 5.98. The molecule has 0 fully saturated rings. The van der Waals surface area contributed by atoms with Crippen LogP contribution in [0, 0.1) is 22.7 Å². The summed E-state index contributed by atoms with van der Waals surface area (Å²) in [5.41, 5.74) is 0.200. The SMILES string of the molecule is CC(C)CCOC(COCCOC(C)C)C(C)(C)C.CC(C)CCOCC(OCCOC(C)C)C(C)(C)C. The van der Waals surface area contributed by atoms with Gasteiger partial charge in [0, 0.05) is 13.2 Å². The summed E-state index contributed by atoms with van der Waals surface area (Å²) in [6.07, 6.45) is 3.00. The second kappa shape index (κ2) is 22.4. The molecule has 0 aliphatic heterocycles. The van der Waals surface area contributed by atoms with Crippen molar-refractivity contribution in [3.8, 4) is 0 Å². The molecule has 0 bridgehead atoms. The zero-order valence-corrected chi connectivity index (χ0v) is 28.0. The van der Waals surface area contributed by atoms with Crippen LogP contribution in [0.4, 0.5) is 0 Å². The van der Waals surface area contributed by atoms with Crippen LogP contribution >= 0.6 is 0 Å². The quantitative estimate of drug-likeness (QED) is 0.145. The van der Waals surface area contributed by atoms with Crippen molar-refractivity contribution in [1.29, 1.82) is 0 Å². The number of ether oxygens (including phenoxy) is 6. The highest BCUT2D eigenvalue weighted by Crippen LogP contribution is 2.24. The van der Waals surface area contributed by atoms with Gasteiger partial charge in [0.1, 0.15) is 0 Å². The molecule has 0 aliphatic carbocycles. The molecule has 6 heteroatoms. The summed E-state index contributed by atoms with van der Waals surface area (Å²) >= 11 is 0. The van der Waals surface area contributed by atoms with Crippen LogP contribution in [-0.2, 0) is 28.4 Å². The van der Waals surface area contributed by atoms with Crippen molar-refractivity contribution in [1.82, 2.24) is 0 Å². The Labute approximate surface area is 238 Å². The van der Waals surface area contributed by atoms with Crippen LogP contribution in [0.15, 0.2) is 0 Å². The highest BCUT2D eigenvalue weighted by Gasteiger charge is 2.26. The fourth-order valence-corrected chi connectivity index (χ4v) is 3.06. The lowest BCUT2D eigenvalue weighted by molar-refractivity contribution is -0.0882. The van der Waals surface area contributed by atoms with E-state index in [0.29, 0.717) is 51.5 Å². The molecule has 0 spiro atoms. The molecule has 0 aromatic carbocycles. The van der Waals surface area contributed by atoms with E-state index < -0.39 is 0 Å². The minimum atomic E-state index is 0.0929. The second-order valence-electron chi connectivity index (χ2n) is 13.8. The highest BCUT2D eigenvalue weighted by atomic mass is 16.6. The summed E-state index contributed by atoms with van der Waals surface area (Å²) in [6, 6.07) is 0. The molecule has 0 N–H and O–H groups in total. The summed E-state index contributed by atoms with van der Waals surface area (Å²) in [5.74, 6) is 1.37. The van der Waals surface area contributed by atoms with Crippen molar-refractivity contribution in [2.45, 2.75) is 134 Å². The molecule has 0 heterocycles. The van der Waals surface area contributed by atoms with Gasteiger partial charge in [-0.3, -0.25) is 0 Å². The van der Waals surface area contributed by atoms with Gasteiger partial charge in [-0.1, -0.05) is 69.2 Å². The molecule has 0 saturated heterocycles. The minimum absolute atomic E-state index is 0.0929. The predicted octanol–water partition coefficient (Wildman–Crippen LogP) is 7.81. The average molecular weight is 549 g/mol. The van der Waals surface area contributed by atoms with E-state index >= 15 is 0 Å². The van der Waals surface area contributed by atoms with Gasteiger partial charge in [0.15, 0.2) is 0 Å². The maximum absolute atomic E-state index is 5.98. The van der Waals surface area contributed by atoms with Gasteiger partial charge in [-0.25, -0.2) is 0 Å². The highest BCUT2D eigenvalue weighted by molar-refractivity contribution is 4.75. The molecule has 2 atom stereocenters. The maximum Gasteiger partial charge on any atom is 0.0857 e. The molecule has 0 aliphatic rings. The summed E-state index contributed by atoms with van der Waals surface area (Å²) < 4.78 is 34.3. The molecule has 2 unspecified atom stereocenters. The van der Waals surface area contributed by atoms with E-state index in [1.165, 1.54) is 0 Å². The van der Waals surface area contributed by atoms with Crippen molar-refractivity contribution in [2.24, 2.45) is 22.7 Å². The van der Waals surface area contributed by atoms with E-state index in [1.807, 2.05) is 27.7 Å². The van der Waals surface area contributed by atoms with Crippen LogP contribution < -0.4 is 0 Å². The Bertz CT molecular complexity index is 489. The van der Waals surface area contributed by atoms with Gasteiger partial charge in [-0.05, 0) is 63.2 Å². The largest absolute Gasteiger partial charge is 0.379 e. The number of hydrogen-bond donors (Lipinski definition) is 0. The molecule has 0 saturated carbocycles. The van der Waals surface area contributed by atoms with E-state index in [2.05, 4.69) is 69.2 Å². The van der Waals surface area contributed by atoms with Gasteiger partial charge >= 0.3 is 0 Å². The van der Waals surface area contributed by atoms with Crippen LogP contribution in [0.25, 0.3) is 0 Å². The van der Waals surface area contributed by atoms with E-state index in [1.54, 1.807) is 0 Å². The first-order chi connectivity index (χ1) is 17.5. The smallest absolute Gasteiger partial charge is 0.0857 e. The monoisotopic (exact) mass is 549 g/mol. The molecule has 232 valence electrons. The number of hydrogen-bond acceptors (Lipinski definition) is 6. The second-order valence-corrected chi connectivity index (χ2v) is 13.8. The molecule has 0 amide bonds. The van der Waals surface area contributed by atoms with Crippen LogP contribution in [0.2, 0.25) is 0 Å². The van der Waals surface area contributed by atoms with Gasteiger partial charge in [-0.2, -0.15) is 0 Å².